The van der Waals surface area contributed by atoms with Crippen LogP contribution in [0.25, 0.3) is 0 Å². The first-order chi connectivity index (χ1) is 24.1. The maximum Gasteiger partial charge on any atom is 1.00 e. The number of aliphatic carboxylic acids is 1. The molecule has 3 atom stereocenters. The zero-order chi connectivity index (χ0) is 37.1. The summed E-state index contributed by atoms with van der Waals surface area (Å²) < 4.78 is 32.2. The summed E-state index contributed by atoms with van der Waals surface area (Å²) in [7, 11) is -4.95. The second kappa shape index (κ2) is 37.8. The molecular formula is C38H73NNaO10P. The third kappa shape index (κ3) is 37.6. The number of esters is 2. The van der Waals surface area contributed by atoms with Gasteiger partial charge >= 0.3 is 47.5 Å². The maximum absolute atomic E-state index is 12.5. The van der Waals surface area contributed by atoms with E-state index in [2.05, 4.69) is 18.4 Å². The molecule has 0 aromatic heterocycles. The zero-order valence-electron chi connectivity index (χ0n) is 32.7. The smallest absolute Gasteiger partial charge is 0.756 e. The molecule has 3 N–H and O–H groups in total. The first-order valence-electron chi connectivity index (χ1n) is 20.0. The van der Waals surface area contributed by atoms with Crippen LogP contribution in [-0.4, -0.2) is 55.0 Å². The Labute approximate surface area is 332 Å². The molecule has 0 saturated heterocycles. The van der Waals surface area contributed by atoms with Crippen molar-refractivity contribution in [2.45, 2.75) is 206 Å². The van der Waals surface area contributed by atoms with E-state index in [1.807, 2.05) is 0 Å². The number of ether oxygens (including phenoxy) is 2. The van der Waals surface area contributed by atoms with Crippen molar-refractivity contribution in [2.24, 2.45) is 5.73 Å². The van der Waals surface area contributed by atoms with E-state index >= 15 is 0 Å². The van der Waals surface area contributed by atoms with E-state index in [0.29, 0.717) is 12.8 Å². The van der Waals surface area contributed by atoms with Gasteiger partial charge in [-0.15, -0.1) is 0 Å². The molecule has 0 rings (SSSR count). The number of unbranched alkanes of at least 4 members (excludes halogenated alkanes) is 24. The van der Waals surface area contributed by atoms with Crippen LogP contribution in [0.1, 0.15) is 194 Å². The molecule has 0 aromatic rings. The first kappa shape index (κ1) is 52.6. The fourth-order valence-electron chi connectivity index (χ4n) is 5.65. The number of phosphoric ester groups is 1. The van der Waals surface area contributed by atoms with Crippen molar-refractivity contribution < 1.29 is 77.0 Å². The van der Waals surface area contributed by atoms with Crippen LogP contribution in [0.4, 0.5) is 0 Å². The van der Waals surface area contributed by atoms with Gasteiger partial charge in [0.15, 0.2) is 6.10 Å². The van der Waals surface area contributed by atoms with Gasteiger partial charge in [-0.3, -0.25) is 18.9 Å². The number of carboxylic acid groups (broad SMARTS) is 1. The molecule has 0 radical (unpaired) electrons. The molecule has 11 nitrogen and oxygen atoms in total. The van der Waals surface area contributed by atoms with E-state index in [9.17, 15) is 23.8 Å². The third-order valence-corrected chi connectivity index (χ3v) is 9.78. The van der Waals surface area contributed by atoms with Crippen LogP contribution >= 0.6 is 7.82 Å². The largest absolute Gasteiger partial charge is 1.00 e. The molecule has 296 valence electrons. The van der Waals surface area contributed by atoms with Gasteiger partial charge in [0.2, 0.25) is 0 Å². The number of hydrogen-bond acceptors (Lipinski definition) is 10. The van der Waals surface area contributed by atoms with Crippen molar-refractivity contribution in [1.82, 2.24) is 0 Å². The summed E-state index contributed by atoms with van der Waals surface area (Å²) in [6.45, 7) is 2.65. The molecule has 51 heavy (non-hydrogen) atoms. The maximum atomic E-state index is 12.5. The van der Waals surface area contributed by atoms with Crippen LogP contribution in [0.5, 0.6) is 0 Å². The minimum Gasteiger partial charge on any atom is -0.756 e. The van der Waals surface area contributed by atoms with Crippen LogP contribution in [0.3, 0.4) is 0 Å². The van der Waals surface area contributed by atoms with Gasteiger partial charge in [-0.1, -0.05) is 168 Å². The number of rotatable bonds is 38. The molecule has 0 aromatic carbocycles. The van der Waals surface area contributed by atoms with Crippen molar-refractivity contribution in [3.05, 3.63) is 0 Å². The normalized spacial score (nSPS) is 13.6. The van der Waals surface area contributed by atoms with Gasteiger partial charge in [-0.2, -0.15) is 0 Å². The Balaban J connectivity index is 0. The summed E-state index contributed by atoms with van der Waals surface area (Å²) in [5.41, 5.74) is 5.29. The summed E-state index contributed by atoms with van der Waals surface area (Å²) >= 11 is 0. The number of carbonyl (C=O) groups excluding carboxylic acids is 2. The Hall–Kier alpha value is -0.520. The van der Waals surface area contributed by atoms with Gasteiger partial charge in [0.1, 0.15) is 12.6 Å². The molecule has 0 heterocycles. The Morgan fingerprint density at radius 2 is 0.902 bits per heavy atom. The minimum atomic E-state index is -4.95. The topological polar surface area (TPSA) is 175 Å². The van der Waals surface area contributed by atoms with E-state index < -0.39 is 51.1 Å². The Bertz CT molecular complexity index is 882. The van der Waals surface area contributed by atoms with Crippen molar-refractivity contribution in [3.63, 3.8) is 0 Å². The third-order valence-electron chi connectivity index (χ3n) is 8.85. The SMILES string of the molecule is CCCCCCCCCCCCCCCC(=O)OC[C@H](COP(=O)([O-])OC[C@@H](N)C(=O)O)OC(=O)CCCCCCCCCCCCCCC.[Na+]. The monoisotopic (exact) mass is 757 g/mol. The summed E-state index contributed by atoms with van der Waals surface area (Å²) in [6, 6.07) is -1.55. The molecule has 1 unspecified atom stereocenters. The number of nitrogens with two attached hydrogens (primary N) is 1. The standard InChI is InChI=1S/C38H74NO10P.Na/c1-3-5-7-9-11-13-15-17-19-21-23-25-27-29-36(40)46-31-34(32-47-50(44,45)48-33-35(39)38(42)43)49-37(41)30-28-26-24-22-20-18-16-14-12-10-8-6-4-2;/h34-35H,3-33,39H2,1-2H3,(H,42,43)(H,44,45);/q;+1/p-1/t34-,35-;/m1./s1. The summed E-state index contributed by atoms with van der Waals surface area (Å²) in [6.07, 6.45) is 30.0. The van der Waals surface area contributed by atoms with E-state index in [-0.39, 0.29) is 49.0 Å². The van der Waals surface area contributed by atoms with Crippen LogP contribution in [-0.2, 0) is 37.5 Å². The van der Waals surface area contributed by atoms with Gasteiger partial charge in [0.25, 0.3) is 7.82 Å². The molecule has 0 spiro atoms. The Morgan fingerprint density at radius 1 is 0.569 bits per heavy atom. The molecule has 0 aliphatic rings. The van der Waals surface area contributed by atoms with Crippen molar-refractivity contribution in [3.8, 4) is 0 Å². The summed E-state index contributed by atoms with van der Waals surface area (Å²) in [4.78, 5) is 47.9. The number of phosphoric acid groups is 1. The second-order valence-electron chi connectivity index (χ2n) is 13.8. The summed E-state index contributed by atoms with van der Waals surface area (Å²) in [5.74, 6) is -2.43. The molecular weight excluding hydrogens is 684 g/mol. The van der Waals surface area contributed by atoms with E-state index in [0.717, 1.165) is 38.5 Å². The second-order valence-corrected chi connectivity index (χ2v) is 15.2. The summed E-state index contributed by atoms with van der Waals surface area (Å²) in [5, 5.41) is 8.84. The van der Waals surface area contributed by atoms with Gasteiger partial charge in [-0.25, -0.2) is 0 Å². The average Bonchev–Trinajstić information content (AvgIpc) is 3.09. The van der Waals surface area contributed by atoms with Crippen molar-refractivity contribution in [1.29, 1.82) is 0 Å². The number of carboxylic acids is 1. The van der Waals surface area contributed by atoms with Crippen LogP contribution in [0, 0.1) is 0 Å². The first-order valence-corrected chi connectivity index (χ1v) is 21.5. The molecule has 0 bridgehead atoms. The molecule has 0 saturated carbocycles. The van der Waals surface area contributed by atoms with Crippen LogP contribution in [0.15, 0.2) is 0 Å². The molecule has 0 aliphatic heterocycles. The molecule has 0 aliphatic carbocycles. The van der Waals surface area contributed by atoms with E-state index in [1.165, 1.54) is 116 Å². The molecule has 0 fully saturated rings. The van der Waals surface area contributed by atoms with E-state index in [4.69, 9.17) is 24.8 Å². The van der Waals surface area contributed by atoms with Crippen LogP contribution in [0.2, 0.25) is 0 Å². The zero-order valence-corrected chi connectivity index (χ0v) is 35.6. The fourth-order valence-corrected chi connectivity index (χ4v) is 6.41. The fraction of sp³-hybridized carbons (Fsp3) is 0.921. The molecule has 13 heteroatoms. The quantitative estimate of drug-likeness (QED) is 0.0312. The number of carbonyl (C=O) groups is 3. The van der Waals surface area contributed by atoms with E-state index in [1.54, 1.807) is 0 Å². The van der Waals surface area contributed by atoms with Crippen molar-refractivity contribution >= 4 is 25.7 Å². The Kier molecular flexibility index (Phi) is 39.0. The number of hydrogen-bond donors (Lipinski definition) is 2. The minimum absolute atomic E-state index is 0. The van der Waals surface area contributed by atoms with Gasteiger partial charge in [0.05, 0.1) is 13.2 Å². The predicted molar refractivity (Wildman–Crippen MR) is 197 cm³/mol. The van der Waals surface area contributed by atoms with Gasteiger partial charge in [-0.05, 0) is 12.8 Å². The van der Waals surface area contributed by atoms with Crippen molar-refractivity contribution in [2.75, 3.05) is 19.8 Å². The Morgan fingerprint density at radius 3 is 1.27 bits per heavy atom. The molecule has 0 amide bonds. The van der Waals surface area contributed by atoms with Gasteiger partial charge < -0.3 is 34.3 Å². The van der Waals surface area contributed by atoms with Crippen LogP contribution < -0.4 is 40.2 Å². The predicted octanol–water partition coefficient (Wildman–Crippen LogP) is 6.32. The van der Waals surface area contributed by atoms with Gasteiger partial charge in [0, 0.05) is 12.8 Å². The average molecular weight is 758 g/mol.